The predicted molar refractivity (Wildman–Crippen MR) is 134 cm³/mol. The molecule has 2 aliphatic rings. The van der Waals surface area contributed by atoms with Crippen LogP contribution >= 0.6 is 22.9 Å². The molecule has 4 heterocycles. The molecule has 0 saturated carbocycles. The maximum Gasteiger partial charge on any atom is 0.420 e. The van der Waals surface area contributed by atoms with Gasteiger partial charge in [0.2, 0.25) is 5.95 Å². The molecule has 2 aromatic heterocycles. The zero-order chi connectivity index (χ0) is 26.5. The third-order valence-electron chi connectivity index (χ3n) is 6.28. The molecule has 2 N–H and O–H groups in total. The summed E-state index contributed by atoms with van der Waals surface area (Å²) in [5.74, 6) is -0.997. The topological polar surface area (TPSA) is 104 Å². The Morgan fingerprint density at radius 2 is 2.03 bits per heavy atom. The maximum atomic E-state index is 13.9. The molecule has 0 spiro atoms. The number of hydrogen-bond donors (Lipinski definition) is 2. The Kier molecular flexibility index (Phi) is 6.67. The highest BCUT2D eigenvalue weighted by molar-refractivity contribution is 7.91. The van der Waals surface area contributed by atoms with E-state index in [4.69, 9.17) is 11.6 Å². The van der Waals surface area contributed by atoms with Gasteiger partial charge in [-0.25, -0.2) is 18.4 Å². The van der Waals surface area contributed by atoms with Gasteiger partial charge in [0.25, 0.3) is 5.91 Å². The van der Waals surface area contributed by atoms with Gasteiger partial charge in [-0.05, 0) is 49.2 Å². The minimum absolute atomic E-state index is 0.0153. The van der Waals surface area contributed by atoms with E-state index >= 15 is 0 Å². The second-order valence-electron chi connectivity index (χ2n) is 8.61. The SMILES string of the molecule is CCN1CCS(=O)(=O)c2cc(-c3nc(Nc4cc5c(cc4Cl)CNCC5)ncc3C(F)(F)F)sc2C1=O. The van der Waals surface area contributed by atoms with Crippen LogP contribution < -0.4 is 10.6 Å². The van der Waals surface area contributed by atoms with Crippen molar-refractivity contribution in [2.24, 2.45) is 0 Å². The number of benzene rings is 1. The van der Waals surface area contributed by atoms with Crippen LogP contribution in [0.4, 0.5) is 24.8 Å². The Balaban J connectivity index is 1.60. The second-order valence-corrected chi connectivity index (χ2v) is 12.2. The molecular weight excluding hydrogens is 551 g/mol. The minimum atomic E-state index is -4.82. The van der Waals surface area contributed by atoms with Gasteiger partial charge in [0.05, 0.1) is 31.9 Å². The third-order valence-corrected chi connectivity index (χ3v) is 9.56. The van der Waals surface area contributed by atoms with Crippen molar-refractivity contribution in [3.63, 3.8) is 0 Å². The summed E-state index contributed by atoms with van der Waals surface area (Å²) in [4.78, 5) is 21.7. The molecule has 0 bridgehead atoms. The van der Waals surface area contributed by atoms with E-state index < -0.39 is 33.2 Å². The van der Waals surface area contributed by atoms with Crippen molar-refractivity contribution in [1.82, 2.24) is 20.2 Å². The van der Waals surface area contributed by atoms with E-state index in [1.54, 1.807) is 13.0 Å². The second kappa shape index (κ2) is 9.53. The number of hydrogen-bond acceptors (Lipinski definition) is 8. The molecule has 3 aromatic rings. The van der Waals surface area contributed by atoms with Crippen LogP contribution in [0.3, 0.4) is 0 Å². The zero-order valence-corrected chi connectivity index (χ0v) is 21.8. The number of anilines is 2. The molecule has 1 amide bonds. The van der Waals surface area contributed by atoms with Crippen LogP contribution in [-0.4, -0.2) is 54.6 Å². The van der Waals surface area contributed by atoms with Crippen molar-refractivity contribution < 1.29 is 26.4 Å². The van der Waals surface area contributed by atoms with Gasteiger partial charge in [-0.15, -0.1) is 11.3 Å². The lowest BCUT2D eigenvalue weighted by atomic mass is 10.0. The lowest BCUT2D eigenvalue weighted by Crippen LogP contribution is -2.31. The molecular formula is C23H21ClF3N5O3S2. The number of alkyl halides is 3. The van der Waals surface area contributed by atoms with E-state index in [2.05, 4.69) is 20.6 Å². The minimum Gasteiger partial charge on any atom is -0.337 e. The molecule has 8 nitrogen and oxygen atoms in total. The van der Waals surface area contributed by atoms with Crippen LogP contribution in [0.25, 0.3) is 10.6 Å². The Labute approximate surface area is 219 Å². The third kappa shape index (κ3) is 4.92. The number of rotatable bonds is 4. The van der Waals surface area contributed by atoms with Gasteiger partial charge in [-0.2, -0.15) is 13.2 Å². The van der Waals surface area contributed by atoms with Gasteiger partial charge < -0.3 is 15.5 Å². The molecule has 196 valence electrons. The van der Waals surface area contributed by atoms with E-state index in [0.29, 0.717) is 34.8 Å². The maximum absolute atomic E-state index is 13.9. The van der Waals surface area contributed by atoms with Gasteiger partial charge in [-0.1, -0.05) is 11.6 Å². The zero-order valence-electron chi connectivity index (χ0n) is 19.4. The summed E-state index contributed by atoms with van der Waals surface area (Å²) in [6, 6.07) is 4.70. The van der Waals surface area contributed by atoms with Gasteiger partial charge >= 0.3 is 6.18 Å². The van der Waals surface area contributed by atoms with Gasteiger partial charge in [0.1, 0.15) is 10.4 Å². The van der Waals surface area contributed by atoms with Gasteiger partial charge in [-0.3, -0.25) is 4.79 Å². The molecule has 0 fully saturated rings. The molecule has 5 rings (SSSR count). The predicted octanol–water partition coefficient (Wildman–Crippen LogP) is 4.52. The highest BCUT2D eigenvalue weighted by atomic mass is 35.5. The summed E-state index contributed by atoms with van der Waals surface area (Å²) < 4.78 is 67.4. The van der Waals surface area contributed by atoms with Crippen molar-refractivity contribution in [3.05, 3.63) is 51.0 Å². The number of aromatic nitrogens is 2. The van der Waals surface area contributed by atoms with E-state index in [-0.39, 0.29) is 39.4 Å². The number of sulfone groups is 1. The highest BCUT2D eigenvalue weighted by Crippen LogP contribution is 2.42. The van der Waals surface area contributed by atoms with Gasteiger partial charge in [0.15, 0.2) is 9.84 Å². The number of amides is 1. The fraction of sp³-hybridized carbons (Fsp3) is 0.348. The van der Waals surface area contributed by atoms with E-state index in [1.807, 2.05) is 6.07 Å². The molecule has 2 aliphatic heterocycles. The summed E-state index contributed by atoms with van der Waals surface area (Å²) in [6.45, 7) is 3.44. The smallest absolute Gasteiger partial charge is 0.337 e. The number of carbonyl (C=O) groups is 1. The molecule has 0 aliphatic carbocycles. The fourth-order valence-corrected chi connectivity index (χ4v) is 7.50. The van der Waals surface area contributed by atoms with Crippen LogP contribution in [-0.2, 0) is 29.0 Å². The van der Waals surface area contributed by atoms with Crippen LogP contribution in [0.5, 0.6) is 0 Å². The summed E-state index contributed by atoms with van der Waals surface area (Å²) in [7, 11) is -3.88. The summed E-state index contributed by atoms with van der Waals surface area (Å²) >= 11 is 7.07. The first-order chi connectivity index (χ1) is 17.5. The van der Waals surface area contributed by atoms with Crippen LogP contribution in [0.2, 0.25) is 5.02 Å². The Morgan fingerprint density at radius 3 is 2.76 bits per heavy atom. The Bertz CT molecular complexity index is 1510. The van der Waals surface area contributed by atoms with E-state index in [0.717, 1.165) is 30.2 Å². The highest BCUT2D eigenvalue weighted by Gasteiger charge is 2.38. The summed E-state index contributed by atoms with van der Waals surface area (Å²) in [6.07, 6.45) is -3.41. The number of nitrogens with one attached hydrogen (secondary N) is 2. The molecule has 1 aromatic carbocycles. The average molecular weight is 572 g/mol. The molecule has 0 saturated heterocycles. The summed E-state index contributed by atoms with van der Waals surface area (Å²) in [5.41, 5.74) is 0.847. The first kappa shape index (κ1) is 25.9. The normalized spacial score (nSPS) is 17.2. The van der Waals surface area contributed by atoms with Crippen LogP contribution in [0.15, 0.2) is 29.3 Å². The first-order valence-corrected chi connectivity index (χ1v) is 14.2. The molecule has 0 unspecified atom stereocenters. The monoisotopic (exact) mass is 571 g/mol. The first-order valence-electron chi connectivity index (χ1n) is 11.4. The molecule has 0 atom stereocenters. The molecule has 37 heavy (non-hydrogen) atoms. The van der Waals surface area contributed by atoms with Crippen LogP contribution in [0, 0.1) is 0 Å². The Hall–Kier alpha value is -2.74. The van der Waals surface area contributed by atoms with E-state index in [9.17, 15) is 26.4 Å². The van der Waals surface area contributed by atoms with Crippen molar-refractivity contribution in [3.8, 4) is 10.6 Å². The lowest BCUT2D eigenvalue weighted by Gasteiger charge is -2.19. The molecule has 0 radical (unpaired) electrons. The largest absolute Gasteiger partial charge is 0.420 e. The standard InChI is InChI=1S/C23H21ClF3N5O3S2/c1-2-32-5-6-37(34,35)18-9-17(36-20(18)21(32)33)19-14(23(25,26)27)11-29-22(31-19)30-16-8-12-3-4-28-10-13(12)7-15(16)24/h7-9,11,28H,2-6,10H2,1H3,(H,29,30,31). The quantitative estimate of drug-likeness (QED) is 0.474. The number of fused-ring (bicyclic) bond motifs is 2. The Morgan fingerprint density at radius 1 is 1.24 bits per heavy atom. The van der Waals surface area contributed by atoms with Crippen molar-refractivity contribution in [1.29, 1.82) is 0 Å². The number of carbonyl (C=O) groups excluding carboxylic acids is 1. The lowest BCUT2D eigenvalue weighted by molar-refractivity contribution is -0.137. The van der Waals surface area contributed by atoms with Crippen molar-refractivity contribution in [2.75, 3.05) is 30.7 Å². The molecule has 14 heteroatoms. The van der Waals surface area contributed by atoms with Gasteiger partial charge in [0, 0.05) is 25.8 Å². The van der Waals surface area contributed by atoms with Crippen molar-refractivity contribution in [2.45, 2.75) is 31.0 Å². The van der Waals surface area contributed by atoms with E-state index in [1.165, 1.54) is 4.90 Å². The number of nitrogens with zero attached hydrogens (tertiary/aromatic N) is 3. The average Bonchev–Trinajstić information content (AvgIpc) is 3.27. The number of halogens is 4. The summed E-state index contributed by atoms with van der Waals surface area (Å²) in [5, 5.41) is 6.49. The fourth-order valence-electron chi connectivity index (χ4n) is 4.31. The van der Waals surface area contributed by atoms with Crippen molar-refractivity contribution >= 4 is 50.3 Å². The van der Waals surface area contributed by atoms with Crippen LogP contribution in [0.1, 0.15) is 33.3 Å². The number of thiophene rings is 1.